The van der Waals surface area contributed by atoms with E-state index in [0.717, 1.165) is 34.7 Å². The summed E-state index contributed by atoms with van der Waals surface area (Å²) in [5.74, 6) is 1.68. The van der Waals surface area contributed by atoms with Crippen LogP contribution in [-0.2, 0) is 0 Å². The van der Waals surface area contributed by atoms with Crippen LogP contribution in [0.3, 0.4) is 0 Å². The smallest absolute Gasteiger partial charge is 0.264 e. The molecule has 1 atom stereocenters. The maximum atomic E-state index is 12.9. The molecule has 1 saturated heterocycles. The average Bonchev–Trinajstić information content (AvgIpc) is 3.51. The van der Waals surface area contributed by atoms with Gasteiger partial charge >= 0.3 is 0 Å². The molecule has 4 heterocycles. The van der Waals surface area contributed by atoms with E-state index in [4.69, 9.17) is 21.3 Å². The van der Waals surface area contributed by atoms with E-state index in [0.29, 0.717) is 22.3 Å². The summed E-state index contributed by atoms with van der Waals surface area (Å²) in [5, 5.41) is 0. The Morgan fingerprint density at radius 1 is 1.20 bits per heavy atom. The van der Waals surface area contributed by atoms with Crippen LogP contribution in [-0.4, -0.2) is 45.5 Å². The van der Waals surface area contributed by atoms with Crippen LogP contribution < -0.4 is 4.74 Å². The van der Waals surface area contributed by atoms with E-state index < -0.39 is 0 Å². The Bertz CT molecular complexity index is 1220. The van der Waals surface area contributed by atoms with Gasteiger partial charge in [-0.2, -0.15) is 0 Å². The highest BCUT2D eigenvalue weighted by molar-refractivity contribution is 7.17. The van der Waals surface area contributed by atoms with E-state index in [-0.39, 0.29) is 11.9 Å². The SMILES string of the molecule is COc1ccc(-c2nc3cccnc3n2[C@H]2CCN(C(=O)c3ccc(Cl)s3)C2)cc1. The summed E-state index contributed by atoms with van der Waals surface area (Å²) in [6.07, 6.45) is 2.62. The van der Waals surface area contributed by atoms with Crippen molar-refractivity contribution in [1.29, 1.82) is 0 Å². The van der Waals surface area contributed by atoms with Gasteiger partial charge in [-0.15, -0.1) is 11.3 Å². The molecule has 3 aromatic heterocycles. The maximum Gasteiger partial charge on any atom is 0.264 e. The zero-order valence-corrected chi connectivity index (χ0v) is 17.9. The van der Waals surface area contributed by atoms with Crippen molar-refractivity contribution < 1.29 is 9.53 Å². The lowest BCUT2D eigenvalue weighted by atomic mass is 10.2. The highest BCUT2D eigenvalue weighted by atomic mass is 35.5. The summed E-state index contributed by atoms with van der Waals surface area (Å²) in [6, 6.07) is 15.4. The molecule has 0 aliphatic carbocycles. The third-order valence-electron chi connectivity index (χ3n) is 5.40. The van der Waals surface area contributed by atoms with Crippen LogP contribution in [0.5, 0.6) is 5.75 Å². The van der Waals surface area contributed by atoms with Gasteiger partial charge in [-0.05, 0) is 55.0 Å². The molecule has 0 unspecified atom stereocenters. The first-order valence-corrected chi connectivity index (χ1v) is 10.9. The number of likely N-dealkylation sites (tertiary alicyclic amines) is 1. The first kappa shape index (κ1) is 19.1. The van der Waals surface area contributed by atoms with E-state index >= 15 is 0 Å². The van der Waals surface area contributed by atoms with Gasteiger partial charge in [0.15, 0.2) is 5.65 Å². The normalized spacial score (nSPS) is 16.3. The number of nitrogens with zero attached hydrogens (tertiary/aromatic N) is 4. The fourth-order valence-electron chi connectivity index (χ4n) is 3.94. The standard InChI is InChI=1S/C22H19ClN4O2S/c1-29-16-6-4-14(5-7-16)20-25-17-3-2-11-24-21(17)27(20)15-10-12-26(13-15)22(28)18-8-9-19(23)30-18/h2-9,11,15H,10,12-13H2,1H3/t15-/m0/s1. The molecule has 5 rings (SSSR count). The van der Waals surface area contributed by atoms with Crippen LogP contribution in [0, 0.1) is 0 Å². The molecule has 1 aliphatic heterocycles. The molecule has 4 aromatic rings. The van der Waals surface area contributed by atoms with Crippen molar-refractivity contribution in [3.05, 3.63) is 63.9 Å². The van der Waals surface area contributed by atoms with Crippen LogP contribution in [0.25, 0.3) is 22.6 Å². The molecule has 1 amide bonds. The van der Waals surface area contributed by atoms with Gasteiger partial charge in [-0.3, -0.25) is 4.79 Å². The van der Waals surface area contributed by atoms with Gasteiger partial charge in [0.2, 0.25) is 0 Å². The van der Waals surface area contributed by atoms with Gasteiger partial charge in [0.1, 0.15) is 17.1 Å². The van der Waals surface area contributed by atoms with Gasteiger partial charge in [0.05, 0.1) is 22.4 Å². The number of halogens is 1. The number of pyridine rings is 1. The van der Waals surface area contributed by atoms with Crippen molar-refractivity contribution in [1.82, 2.24) is 19.4 Å². The van der Waals surface area contributed by atoms with Crippen LogP contribution in [0.1, 0.15) is 22.1 Å². The first-order chi connectivity index (χ1) is 14.6. The number of hydrogen-bond donors (Lipinski definition) is 0. The van der Waals surface area contributed by atoms with Crippen LogP contribution in [0.4, 0.5) is 0 Å². The van der Waals surface area contributed by atoms with E-state index in [9.17, 15) is 4.79 Å². The lowest BCUT2D eigenvalue weighted by Gasteiger charge is -2.18. The first-order valence-electron chi connectivity index (χ1n) is 9.66. The number of ether oxygens (including phenoxy) is 1. The molecule has 8 heteroatoms. The Labute approximate surface area is 182 Å². The number of amides is 1. The second-order valence-corrected chi connectivity index (χ2v) is 8.89. The van der Waals surface area contributed by atoms with Crippen molar-refractivity contribution in [3.8, 4) is 17.1 Å². The molecule has 152 valence electrons. The van der Waals surface area contributed by atoms with Crippen molar-refractivity contribution in [2.24, 2.45) is 0 Å². The number of fused-ring (bicyclic) bond motifs is 1. The van der Waals surface area contributed by atoms with E-state index in [1.54, 1.807) is 25.4 Å². The number of benzene rings is 1. The van der Waals surface area contributed by atoms with Crippen LogP contribution in [0.15, 0.2) is 54.7 Å². The minimum absolute atomic E-state index is 0.0257. The summed E-state index contributed by atoms with van der Waals surface area (Å²) in [5.41, 5.74) is 2.67. The average molecular weight is 439 g/mol. The lowest BCUT2D eigenvalue weighted by Crippen LogP contribution is -2.28. The molecule has 30 heavy (non-hydrogen) atoms. The van der Waals surface area contributed by atoms with Crippen molar-refractivity contribution in [3.63, 3.8) is 0 Å². The molecule has 0 radical (unpaired) electrons. The van der Waals surface area contributed by atoms with Crippen molar-refractivity contribution in [2.75, 3.05) is 20.2 Å². The fraction of sp³-hybridized carbons (Fsp3) is 0.227. The Balaban J connectivity index is 1.51. The summed E-state index contributed by atoms with van der Waals surface area (Å²) in [7, 11) is 1.65. The molecule has 0 saturated carbocycles. The summed E-state index contributed by atoms with van der Waals surface area (Å²) < 4.78 is 8.08. The number of hydrogen-bond acceptors (Lipinski definition) is 5. The molecule has 0 N–H and O–H groups in total. The lowest BCUT2D eigenvalue weighted by molar-refractivity contribution is 0.0792. The molecule has 0 bridgehead atoms. The zero-order valence-electron chi connectivity index (χ0n) is 16.3. The number of rotatable bonds is 4. The topological polar surface area (TPSA) is 60.3 Å². The van der Waals surface area contributed by atoms with Crippen molar-refractivity contribution in [2.45, 2.75) is 12.5 Å². The van der Waals surface area contributed by atoms with Gasteiger partial charge in [0.25, 0.3) is 5.91 Å². The number of carbonyl (C=O) groups excluding carboxylic acids is 1. The van der Waals surface area contributed by atoms with Gasteiger partial charge in [-0.25, -0.2) is 9.97 Å². The molecular formula is C22H19ClN4O2S. The molecule has 1 aromatic carbocycles. The number of thiophene rings is 1. The molecular weight excluding hydrogens is 420 g/mol. The fourth-order valence-corrected chi connectivity index (χ4v) is 4.95. The van der Waals surface area contributed by atoms with Crippen LogP contribution in [0.2, 0.25) is 4.34 Å². The monoisotopic (exact) mass is 438 g/mol. The second kappa shape index (κ2) is 7.74. The minimum Gasteiger partial charge on any atom is -0.497 e. The van der Waals surface area contributed by atoms with Gasteiger partial charge in [-0.1, -0.05) is 11.6 Å². The highest BCUT2D eigenvalue weighted by Crippen LogP contribution is 2.34. The quantitative estimate of drug-likeness (QED) is 0.454. The Kier molecular flexibility index (Phi) is 4.92. The summed E-state index contributed by atoms with van der Waals surface area (Å²) in [6.45, 7) is 1.30. The number of aromatic nitrogens is 3. The summed E-state index contributed by atoms with van der Waals surface area (Å²) in [4.78, 5) is 24.9. The van der Waals surface area contributed by atoms with Gasteiger partial charge in [0, 0.05) is 24.8 Å². The third kappa shape index (κ3) is 3.34. The molecule has 1 fully saturated rings. The van der Waals surface area contributed by atoms with Crippen molar-refractivity contribution >= 4 is 40.0 Å². The predicted octanol–water partition coefficient (Wildman–Crippen LogP) is 4.91. The summed E-state index contributed by atoms with van der Waals surface area (Å²) >= 11 is 7.33. The second-order valence-electron chi connectivity index (χ2n) is 7.18. The third-order valence-corrected chi connectivity index (χ3v) is 6.62. The predicted molar refractivity (Wildman–Crippen MR) is 118 cm³/mol. The highest BCUT2D eigenvalue weighted by Gasteiger charge is 2.31. The van der Waals surface area contributed by atoms with E-state index in [1.165, 1.54) is 11.3 Å². The Morgan fingerprint density at radius 3 is 2.77 bits per heavy atom. The Morgan fingerprint density at radius 2 is 2.03 bits per heavy atom. The number of methoxy groups -OCH3 is 1. The number of imidazole rings is 1. The van der Waals surface area contributed by atoms with E-state index in [1.807, 2.05) is 41.3 Å². The minimum atomic E-state index is 0.0257. The number of carbonyl (C=O) groups is 1. The molecule has 6 nitrogen and oxygen atoms in total. The molecule has 1 aliphatic rings. The Hall–Kier alpha value is -2.90. The van der Waals surface area contributed by atoms with Crippen LogP contribution >= 0.6 is 22.9 Å². The van der Waals surface area contributed by atoms with E-state index in [2.05, 4.69) is 9.55 Å². The maximum absolute atomic E-state index is 12.9. The molecule has 0 spiro atoms. The largest absolute Gasteiger partial charge is 0.497 e. The van der Waals surface area contributed by atoms with Gasteiger partial charge < -0.3 is 14.2 Å². The zero-order chi connectivity index (χ0) is 20.7.